The van der Waals surface area contributed by atoms with Gasteiger partial charge >= 0.3 is 0 Å². The molecule has 0 aromatic heterocycles. The molecule has 8 heteroatoms. The standard InChI is InChI=1S/C19H21NO7/c21-10-14-15(22)16(23)17(24)19(27-14)26-13-9-5-4-8-12(13)18(25)20-11-6-2-1-3-7-11/h1-9,14-17,19,21-24H,10H2,(H,20,25)/t14-,15-,16+,17-,19?/m1/s1. The number of para-hydroxylation sites is 2. The van der Waals surface area contributed by atoms with Crippen LogP contribution >= 0.6 is 0 Å². The monoisotopic (exact) mass is 375 g/mol. The zero-order valence-electron chi connectivity index (χ0n) is 14.3. The summed E-state index contributed by atoms with van der Waals surface area (Å²) in [6.07, 6.45) is -7.08. The number of amides is 1. The fourth-order valence-electron chi connectivity index (χ4n) is 2.77. The summed E-state index contributed by atoms with van der Waals surface area (Å²) in [5, 5.41) is 41.8. The minimum atomic E-state index is -1.56. The number of rotatable bonds is 5. The van der Waals surface area contributed by atoms with Gasteiger partial charge in [0.2, 0.25) is 6.29 Å². The Kier molecular flexibility index (Phi) is 6.04. The molecule has 144 valence electrons. The van der Waals surface area contributed by atoms with Gasteiger partial charge in [0.25, 0.3) is 5.91 Å². The average Bonchev–Trinajstić information content (AvgIpc) is 2.69. The molecular weight excluding hydrogens is 354 g/mol. The maximum Gasteiger partial charge on any atom is 0.259 e. The van der Waals surface area contributed by atoms with Crippen LogP contribution in [0, 0.1) is 0 Å². The van der Waals surface area contributed by atoms with E-state index >= 15 is 0 Å². The van der Waals surface area contributed by atoms with Gasteiger partial charge in [-0.05, 0) is 24.3 Å². The number of ether oxygens (including phenoxy) is 2. The smallest absolute Gasteiger partial charge is 0.259 e. The first-order valence-corrected chi connectivity index (χ1v) is 8.44. The van der Waals surface area contributed by atoms with Crippen LogP contribution in [0.3, 0.4) is 0 Å². The predicted octanol–water partition coefficient (Wildman–Crippen LogP) is 0.118. The number of aliphatic hydroxyl groups is 4. The van der Waals surface area contributed by atoms with E-state index in [1.165, 1.54) is 12.1 Å². The van der Waals surface area contributed by atoms with Crippen molar-refractivity contribution in [2.75, 3.05) is 11.9 Å². The highest BCUT2D eigenvalue weighted by atomic mass is 16.7. The third-order valence-electron chi connectivity index (χ3n) is 4.25. The van der Waals surface area contributed by atoms with Crippen molar-refractivity contribution in [3.05, 3.63) is 60.2 Å². The molecule has 5 atom stereocenters. The van der Waals surface area contributed by atoms with Gasteiger partial charge in [-0.2, -0.15) is 0 Å². The third-order valence-corrected chi connectivity index (χ3v) is 4.25. The van der Waals surface area contributed by atoms with Crippen LogP contribution in [0.15, 0.2) is 54.6 Å². The fraction of sp³-hybridized carbons (Fsp3) is 0.316. The Morgan fingerprint density at radius 1 is 0.963 bits per heavy atom. The zero-order chi connectivity index (χ0) is 19.4. The lowest BCUT2D eigenvalue weighted by molar-refractivity contribution is -0.277. The number of hydrogen-bond acceptors (Lipinski definition) is 7. The first-order chi connectivity index (χ1) is 13.0. The van der Waals surface area contributed by atoms with Gasteiger partial charge in [0, 0.05) is 5.69 Å². The van der Waals surface area contributed by atoms with Gasteiger partial charge in [0.15, 0.2) is 0 Å². The van der Waals surface area contributed by atoms with Crippen LogP contribution in [0.25, 0.3) is 0 Å². The quantitative estimate of drug-likeness (QED) is 0.502. The van der Waals surface area contributed by atoms with E-state index in [9.17, 15) is 25.2 Å². The van der Waals surface area contributed by atoms with E-state index in [1.54, 1.807) is 36.4 Å². The number of hydrogen-bond donors (Lipinski definition) is 5. The highest BCUT2D eigenvalue weighted by Gasteiger charge is 2.44. The molecule has 1 aliphatic rings. The first kappa shape index (κ1) is 19.3. The first-order valence-electron chi connectivity index (χ1n) is 8.44. The molecule has 1 heterocycles. The maximum atomic E-state index is 12.6. The van der Waals surface area contributed by atoms with Gasteiger partial charge in [-0.3, -0.25) is 4.79 Å². The molecule has 1 amide bonds. The summed E-state index contributed by atoms with van der Waals surface area (Å²) in [5.74, 6) is -0.309. The summed E-state index contributed by atoms with van der Waals surface area (Å²) >= 11 is 0. The van der Waals surface area contributed by atoms with Gasteiger partial charge < -0.3 is 35.2 Å². The summed E-state index contributed by atoms with van der Waals surface area (Å²) in [7, 11) is 0. The molecule has 1 fully saturated rings. The minimum Gasteiger partial charge on any atom is -0.461 e. The Morgan fingerprint density at radius 2 is 1.63 bits per heavy atom. The molecule has 1 saturated heterocycles. The molecule has 0 radical (unpaired) electrons. The second-order valence-corrected chi connectivity index (χ2v) is 6.13. The van der Waals surface area contributed by atoms with E-state index in [0.29, 0.717) is 5.69 Å². The highest BCUT2D eigenvalue weighted by Crippen LogP contribution is 2.27. The maximum absolute atomic E-state index is 12.6. The van der Waals surface area contributed by atoms with E-state index in [1.807, 2.05) is 6.07 Å². The van der Waals surface area contributed by atoms with Crippen molar-refractivity contribution in [2.45, 2.75) is 30.7 Å². The molecule has 5 N–H and O–H groups in total. The van der Waals surface area contributed by atoms with Gasteiger partial charge in [0.05, 0.1) is 12.2 Å². The largest absolute Gasteiger partial charge is 0.461 e. The fourth-order valence-corrected chi connectivity index (χ4v) is 2.77. The second-order valence-electron chi connectivity index (χ2n) is 6.13. The Balaban J connectivity index is 1.78. The van der Waals surface area contributed by atoms with Crippen molar-refractivity contribution in [3.8, 4) is 5.75 Å². The number of anilines is 1. The van der Waals surface area contributed by atoms with Crippen LogP contribution < -0.4 is 10.1 Å². The molecular formula is C19H21NO7. The van der Waals surface area contributed by atoms with E-state index in [4.69, 9.17) is 9.47 Å². The molecule has 2 aromatic rings. The predicted molar refractivity (Wildman–Crippen MR) is 95.2 cm³/mol. The summed E-state index contributed by atoms with van der Waals surface area (Å²) in [5.41, 5.74) is 0.795. The summed E-state index contributed by atoms with van der Waals surface area (Å²) < 4.78 is 10.9. The molecule has 1 aliphatic heterocycles. The Labute approximate surface area is 155 Å². The van der Waals surface area contributed by atoms with Crippen molar-refractivity contribution in [3.63, 3.8) is 0 Å². The third kappa shape index (κ3) is 4.26. The molecule has 0 spiro atoms. The van der Waals surface area contributed by atoms with Crippen molar-refractivity contribution < 1.29 is 34.7 Å². The highest BCUT2D eigenvalue weighted by molar-refractivity contribution is 6.06. The molecule has 0 bridgehead atoms. The molecule has 0 saturated carbocycles. The molecule has 2 aromatic carbocycles. The average molecular weight is 375 g/mol. The van der Waals surface area contributed by atoms with Crippen molar-refractivity contribution in [2.24, 2.45) is 0 Å². The molecule has 3 rings (SSSR count). The van der Waals surface area contributed by atoms with E-state index in [0.717, 1.165) is 0 Å². The topological polar surface area (TPSA) is 128 Å². The van der Waals surface area contributed by atoms with Gasteiger partial charge in [-0.25, -0.2) is 0 Å². The van der Waals surface area contributed by atoms with E-state index in [-0.39, 0.29) is 11.3 Å². The number of carbonyl (C=O) groups is 1. The number of aliphatic hydroxyl groups excluding tert-OH is 4. The Bertz CT molecular complexity index is 768. The van der Waals surface area contributed by atoms with Gasteiger partial charge in [0.1, 0.15) is 30.2 Å². The lowest BCUT2D eigenvalue weighted by atomic mass is 9.99. The molecule has 8 nitrogen and oxygen atoms in total. The second kappa shape index (κ2) is 8.47. The molecule has 0 aliphatic carbocycles. The lowest BCUT2D eigenvalue weighted by Gasteiger charge is -2.39. The number of benzene rings is 2. The normalized spacial score (nSPS) is 27.8. The van der Waals surface area contributed by atoms with Crippen LogP contribution in [-0.4, -0.2) is 63.6 Å². The van der Waals surface area contributed by atoms with Gasteiger partial charge in [-0.1, -0.05) is 30.3 Å². The van der Waals surface area contributed by atoms with Crippen LogP contribution in [-0.2, 0) is 4.74 Å². The summed E-state index contributed by atoms with van der Waals surface area (Å²) in [4.78, 5) is 12.6. The SMILES string of the molecule is O=C(Nc1ccccc1)c1ccccc1OC1O[C@H](CO)[C@@H](O)[C@H](O)[C@H]1O. The number of carbonyl (C=O) groups excluding carboxylic acids is 1. The van der Waals surface area contributed by atoms with Crippen molar-refractivity contribution in [1.29, 1.82) is 0 Å². The van der Waals surface area contributed by atoms with Crippen molar-refractivity contribution in [1.82, 2.24) is 0 Å². The van der Waals surface area contributed by atoms with Gasteiger partial charge in [-0.15, -0.1) is 0 Å². The van der Waals surface area contributed by atoms with E-state index in [2.05, 4.69) is 5.32 Å². The van der Waals surface area contributed by atoms with Crippen LogP contribution in [0.2, 0.25) is 0 Å². The number of nitrogens with one attached hydrogen (secondary N) is 1. The van der Waals surface area contributed by atoms with Crippen LogP contribution in [0.5, 0.6) is 5.75 Å². The summed E-state index contributed by atoms with van der Waals surface area (Å²) in [6.45, 7) is -0.569. The van der Waals surface area contributed by atoms with Crippen molar-refractivity contribution >= 4 is 11.6 Å². The molecule has 1 unspecified atom stereocenters. The Morgan fingerprint density at radius 3 is 2.33 bits per heavy atom. The Hall–Kier alpha value is -2.49. The zero-order valence-corrected chi connectivity index (χ0v) is 14.3. The van der Waals surface area contributed by atoms with Crippen LogP contribution in [0.1, 0.15) is 10.4 Å². The lowest BCUT2D eigenvalue weighted by Crippen LogP contribution is -2.60. The summed E-state index contributed by atoms with van der Waals surface area (Å²) in [6, 6.07) is 15.2. The van der Waals surface area contributed by atoms with Crippen LogP contribution in [0.4, 0.5) is 5.69 Å². The van der Waals surface area contributed by atoms with E-state index < -0.39 is 43.2 Å². The minimum absolute atomic E-state index is 0.121. The molecule has 27 heavy (non-hydrogen) atoms.